The molecule has 1 unspecified atom stereocenters. The van der Waals surface area contributed by atoms with Crippen LogP contribution in [-0.2, 0) is 10.8 Å². The van der Waals surface area contributed by atoms with Crippen LogP contribution in [0.2, 0.25) is 13.1 Å². The van der Waals surface area contributed by atoms with Gasteiger partial charge in [0, 0.05) is 16.4 Å². The second kappa shape index (κ2) is 6.82. The van der Waals surface area contributed by atoms with E-state index in [4.69, 9.17) is 4.43 Å². The van der Waals surface area contributed by atoms with Gasteiger partial charge < -0.3 is 4.43 Å². The van der Waals surface area contributed by atoms with Crippen molar-refractivity contribution in [3.05, 3.63) is 28.5 Å². The summed E-state index contributed by atoms with van der Waals surface area (Å²) < 4.78 is 7.16. The van der Waals surface area contributed by atoms with Crippen molar-refractivity contribution in [1.82, 2.24) is 4.98 Å². The predicted octanol–water partition coefficient (Wildman–Crippen LogP) is 4.46. The molecule has 0 fully saturated rings. The second-order valence-electron chi connectivity index (χ2n) is 5.89. The van der Waals surface area contributed by atoms with Gasteiger partial charge in [-0.05, 0) is 59.4 Å². The number of rotatable bonds is 5. The third kappa shape index (κ3) is 5.63. The number of hydrogen-bond donors (Lipinski definition) is 0. The van der Waals surface area contributed by atoms with Crippen LogP contribution in [0.25, 0.3) is 0 Å². The number of hydrogen-bond acceptors (Lipinski definition) is 2. The Morgan fingerprint density at radius 2 is 2.00 bits per heavy atom. The van der Waals surface area contributed by atoms with Crippen molar-refractivity contribution in [2.75, 3.05) is 0 Å². The van der Waals surface area contributed by atoms with Crippen LogP contribution in [0.1, 0.15) is 32.9 Å². The molecule has 0 aliphatic rings. The van der Waals surface area contributed by atoms with Crippen molar-refractivity contribution < 1.29 is 4.43 Å². The smallest absolute Gasteiger partial charge is 0.205 e. The van der Waals surface area contributed by atoms with E-state index in [-0.39, 0.29) is 5.41 Å². The molecule has 0 aliphatic heterocycles. The first-order valence-electron chi connectivity index (χ1n) is 6.36. The van der Waals surface area contributed by atoms with Crippen molar-refractivity contribution in [3.8, 4) is 0 Å². The predicted molar refractivity (Wildman–Crippen MR) is 82.1 cm³/mol. The van der Waals surface area contributed by atoms with Crippen LogP contribution < -0.4 is 0 Å². The lowest BCUT2D eigenvalue weighted by atomic mass is 9.86. The Kier molecular flexibility index (Phi) is 6.01. The summed E-state index contributed by atoms with van der Waals surface area (Å²) in [7, 11) is -0.654. The highest BCUT2D eigenvalue weighted by Gasteiger charge is 2.26. The molecule has 4 heteroatoms. The lowest BCUT2D eigenvalue weighted by molar-refractivity contribution is 0.0786. The summed E-state index contributed by atoms with van der Waals surface area (Å²) in [5.74, 6) is 0. The van der Waals surface area contributed by atoms with E-state index in [0.717, 1.165) is 23.0 Å². The highest BCUT2D eigenvalue weighted by molar-refractivity contribution is 9.10. The van der Waals surface area contributed by atoms with Gasteiger partial charge in [-0.15, -0.1) is 0 Å². The van der Waals surface area contributed by atoms with Crippen LogP contribution in [0.3, 0.4) is 0 Å². The van der Waals surface area contributed by atoms with E-state index < -0.39 is 9.04 Å². The molecule has 0 aliphatic carbocycles. The van der Waals surface area contributed by atoms with Gasteiger partial charge >= 0.3 is 0 Å². The largest absolute Gasteiger partial charge is 0.414 e. The topological polar surface area (TPSA) is 22.1 Å². The van der Waals surface area contributed by atoms with Gasteiger partial charge in [0.1, 0.15) is 0 Å². The molecule has 0 saturated heterocycles. The van der Waals surface area contributed by atoms with Gasteiger partial charge in [0.05, 0.1) is 6.10 Å². The molecule has 0 bridgehead atoms. The molecule has 1 heterocycles. The standard InChI is InChI=1S/C14H23BrNOSi/c1-14(2,3)13(17-18(4)5)9-8-12-7-6-11(15)10-16-12/h6-7,10,13H,8-9H2,1-5H3. The number of halogens is 1. The quantitative estimate of drug-likeness (QED) is 0.744. The molecule has 0 saturated carbocycles. The van der Waals surface area contributed by atoms with Crippen LogP contribution in [0.4, 0.5) is 0 Å². The maximum atomic E-state index is 6.13. The van der Waals surface area contributed by atoms with Crippen molar-refractivity contribution in [2.24, 2.45) is 5.41 Å². The summed E-state index contributed by atoms with van der Waals surface area (Å²) in [5.41, 5.74) is 1.33. The molecule has 1 radical (unpaired) electrons. The van der Waals surface area contributed by atoms with Gasteiger partial charge in [0.15, 0.2) is 0 Å². The van der Waals surface area contributed by atoms with E-state index in [0.29, 0.717) is 6.10 Å². The first kappa shape index (κ1) is 15.9. The molecule has 0 amide bonds. The van der Waals surface area contributed by atoms with Crippen molar-refractivity contribution in [2.45, 2.75) is 52.8 Å². The Labute approximate surface area is 121 Å². The van der Waals surface area contributed by atoms with Crippen molar-refractivity contribution in [3.63, 3.8) is 0 Å². The molecule has 1 atom stereocenters. The zero-order valence-electron chi connectivity index (χ0n) is 12.0. The third-order valence-corrected chi connectivity index (χ3v) is 4.02. The fraction of sp³-hybridized carbons (Fsp3) is 0.643. The van der Waals surface area contributed by atoms with Crippen LogP contribution in [0, 0.1) is 5.41 Å². The maximum Gasteiger partial charge on any atom is 0.205 e. The molecule has 1 rings (SSSR count). The third-order valence-electron chi connectivity index (χ3n) is 2.80. The zero-order valence-corrected chi connectivity index (χ0v) is 14.5. The Bertz CT molecular complexity index is 359. The molecule has 2 nitrogen and oxygen atoms in total. The highest BCUT2D eigenvalue weighted by atomic mass is 79.9. The molecule has 0 N–H and O–H groups in total. The first-order valence-corrected chi connectivity index (χ1v) is 9.56. The van der Waals surface area contributed by atoms with Crippen LogP contribution >= 0.6 is 15.9 Å². The van der Waals surface area contributed by atoms with E-state index in [1.807, 2.05) is 12.3 Å². The Balaban J connectivity index is 2.59. The van der Waals surface area contributed by atoms with E-state index in [1.165, 1.54) is 0 Å². The van der Waals surface area contributed by atoms with Crippen LogP contribution in [-0.4, -0.2) is 20.1 Å². The summed E-state index contributed by atoms with van der Waals surface area (Å²) >= 11 is 3.41. The van der Waals surface area contributed by atoms with Gasteiger partial charge in [-0.2, -0.15) is 0 Å². The minimum absolute atomic E-state index is 0.192. The summed E-state index contributed by atoms with van der Waals surface area (Å²) in [6, 6.07) is 4.12. The zero-order chi connectivity index (χ0) is 13.8. The highest BCUT2D eigenvalue weighted by Crippen LogP contribution is 2.26. The average molecular weight is 329 g/mol. The number of pyridine rings is 1. The lowest BCUT2D eigenvalue weighted by Gasteiger charge is -2.32. The van der Waals surface area contributed by atoms with Gasteiger partial charge in [-0.1, -0.05) is 20.8 Å². The minimum atomic E-state index is -0.654. The average Bonchev–Trinajstić information content (AvgIpc) is 2.24. The monoisotopic (exact) mass is 328 g/mol. The number of nitrogens with zero attached hydrogens (tertiary/aromatic N) is 1. The van der Waals surface area contributed by atoms with Crippen molar-refractivity contribution >= 4 is 25.0 Å². The first-order chi connectivity index (χ1) is 8.29. The minimum Gasteiger partial charge on any atom is -0.414 e. The summed E-state index contributed by atoms with van der Waals surface area (Å²) in [6.07, 6.45) is 4.18. The molecule has 0 spiro atoms. The summed E-state index contributed by atoms with van der Waals surface area (Å²) in [4.78, 5) is 4.42. The molecule has 1 aromatic heterocycles. The van der Waals surface area contributed by atoms with E-state index >= 15 is 0 Å². The molecule has 1 aromatic rings. The summed E-state index contributed by atoms with van der Waals surface area (Å²) in [6.45, 7) is 11.1. The lowest BCUT2D eigenvalue weighted by Crippen LogP contribution is -2.33. The fourth-order valence-corrected chi connectivity index (χ4v) is 3.06. The van der Waals surface area contributed by atoms with E-state index in [9.17, 15) is 0 Å². The van der Waals surface area contributed by atoms with Gasteiger partial charge in [-0.3, -0.25) is 4.98 Å². The molecule has 0 aromatic carbocycles. The van der Waals surface area contributed by atoms with Crippen molar-refractivity contribution in [1.29, 1.82) is 0 Å². The number of aromatic nitrogens is 1. The van der Waals surface area contributed by atoms with Crippen LogP contribution in [0.5, 0.6) is 0 Å². The second-order valence-corrected chi connectivity index (χ2v) is 8.86. The summed E-state index contributed by atoms with van der Waals surface area (Å²) in [5, 5.41) is 0. The van der Waals surface area contributed by atoms with E-state index in [2.05, 4.69) is 60.8 Å². The SMILES string of the molecule is C[Si](C)OC(CCc1ccc(Br)cn1)C(C)(C)C. The molecule has 18 heavy (non-hydrogen) atoms. The molecular weight excluding hydrogens is 306 g/mol. The normalized spacial score (nSPS) is 13.9. The van der Waals surface area contributed by atoms with Gasteiger partial charge in [-0.25, -0.2) is 0 Å². The van der Waals surface area contributed by atoms with Gasteiger partial charge in [0.25, 0.3) is 0 Å². The van der Waals surface area contributed by atoms with Crippen LogP contribution in [0.15, 0.2) is 22.8 Å². The Morgan fingerprint density at radius 1 is 1.33 bits per heavy atom. The molecule has 101 valence electrons. The fourth-order valence-electron chi connectivity index (χ4n) is 1.79. The number of aryl methyl sites for hydroxylation is 1. The Morgan fingerprint density at radius 3 is 2.44 bits per heavy atom. The van der Waals surface area contributed by atoms with Gasteiger partial charge in [0.2, 0.25) is 9.04 Å². The van der Waals surface area contributed by atoms with E-state index in [1.54, 1.807) is 0 Å². The Hall–Kier alpha value is -0.193. The molecular formula is C14H23BrNOSi. The maximum absolute atomic E-state index is 6.13.